The highest BCUT2D eigenvalue weighted by Crippen LogP contribution is 2.25. The van der Waals surface area contributed by atoms with Gasteiger partial charge in [-0.15, -0.1) is 0 Å². The molecule has 2 radical (unpaired) electrons. The van der Waals surface area contributed by atoms with Gasteiger partial charge in [-0.3, -0.25) is 9.36 Å². The second-order valence-electron chi connectivity index (χ2n) is 10.6. The number of carbonyl (C=O) groups is 2. The summed E-state index contributed by atoms with van der Waals surface area (Å²) in [5, 5.41) is 12.3. The largest absolute Gasteiger partial charge is 0.444 e. The third-order valence-electron chi connectivity index (χ3n) is 5.50. The SMILES string of the molecule is Cn1c(=O)oc2ccc(-c3ccc(C[C@@H](C#N)[Si]NC(=O)CC(C)(C)NC(=O)OC(C)(C)C)cc3)cc21. The predicted molar refractivity (Wildman–Crippen MR) is 142 cm³/mol. The van der Waals surface area contributed by atoms with Crippen molar-refractivity contribution in [1.29, 1.82) is 5.26 Å². The number of aromatic nitrogens is 1. The van der Waals surface area contributed by atoms with Crippen LogP contribution >= 0.6 is 0 Å². The van der Waals surface area contributed by atoms with Gasteiger partial charge >= 0.3 is 11.8 Å². The molecule has 1 atom stereocenters. The number of oxazole rings is 1. The summed E-state index contributed by atoms with van der Waals surface area (Å²) in [5.74, 6) is -0.653. The van der Waals surface area contributed by atoms with Crippen molar-refractivity contribution in [2.24, 2.45) is 7.05 Å². The van der Waals surface area contributed by atoms with Gasteiger partial charge in [-0.2, -0.15) is 5.26 Å². The van der Waals surface area contributed by atoms with Crippen LogP contribution in [0.4, 0.5) is 4.79 Å². The molecule has 0 aliphatic carbocycles. The van der Waals surface area contributed by atoms with E-state index in [1.807, 2.05) is 36.4 Å². The van der Waals surface area contributed by atoms with Crippen molar-refractivity contribution in [3.63, 3.8) is 0 Å². The van der Waals surface area contributed by atoms with Crippen LogP contribution in [0.1, 0.15) is 46.6 Å². The minimum Gasteiger partial charge on any atom is -0.444 e. The molecular weight excluding hydrogens is 488 g/mol. The second-order valence-corrected chi connectivity index (χ2v) is 11.8. The molecule has 0 saturated carbocycles. The van der Waals surface area contributed by atoms with Crippen molar-refractivity contribution < 1.29 is 18.7 Å². The number of ether oxygens (including phenoxy) is 1. The number of nitrogens with zero attached hydrogens (tertiary/aromatic N) is 2. The van der Waals surface area contributed by atoms with Crippen molar-refractivity contribution in [3.8, 4) is 17.2 Å². The van der Waals surface area contributed by atoms with E-state index in [1.165, 1.54) is 4.57 Å². The van der Waals surface area contributed by atoms with E-state index in [0.29, 0.717) is 12.0 Å². The maximum atomic E-state index is 12.5. The van der Waals surface area contributed by atoms with Crippen LogP contribution in [0.3, 0.4) is 0 Å². The van der Waals surface area contributed by atoms with Crippen LogP contribution < -0.4 is 16.1 Å². The quantitative estimate of drug-likeness (QED) is 0.431. The number of fused-ring (bicyclic) bond motifs is 1. The van der Waals surface area contributed by atoms with Gasteiger partial charge < -0.3 is 19.5 Å². The Morgan fingerprint density at radius 2 is 1.76 bits per heavy atom. The fraction of sp³-hybridized carbons (Fsp3) is 0.407. The van der Waals surface area contributed by atoms with E-state index in [1.54, 1.807) is 47.7 Å². The Labute approximate surface area is 218 Å². The molecule has 37 heavy (non-hydrogen) atoms. The van der Waals surface area contributed by atoms with Crippen LogP contribution in [0, 0.1) is 11.3 Å². The normalized spacial score (nSPS) is 12.6. The van der Waals surface area contributed by atoms with E-state index >= 15 is 0 Å². The number of benzene rings is 2. The lowest BCUT2D eigenvalue weighted by atomic mass is 10.0. The van der Waals surface area contributed by atoms with Gasteiger partial charge in [0.1, 0.15) is 5.60 Å². The molecule has 9 nitrogen and oxygen atoms in total. The zero-order valence-corrected chi connectivity index (χ0v) is 23.0. The van der Waals surface area contributed by atoms with Crippen LogP contribution in [0.5, 0.6) is 0 Å². The number of aryl methyl sites for hydroxylation is 1. The zero-order chi connectivity index (χ0) is 27.4. The molecule has 1 aromatic heterocycles. The molecule has 2 amide bonds. The number of carbonyl (C=O) groups excluding carboxylic acids is 2. The first-order valence-corrected chi connectivity index (χ1v) is 13.0. The summed E-state index contributed by atoms with van der Waals surface area (Å²) >= 11 is 0. The molecule has 194 valence electrons. The highest BCUT2D eigenvalue weighted by atomic mass is 28.2. The Hall–Kier alpha value is -3.84. The summed E-state index contributed by atoms with van der Waals surface area (Å²) in [6, 6.07) is 15.7. The maximum Gasteiger partial charge on any atom is 0.419 e. The Bertz CT molecular complexity index is 1380. The molecule has 0 saturated heterocycles. The van der Waals surface area contributed by atoms with E-state index in [0.717, 1.165) is 22.2 Å². The Morgan fingerprint density at radius 1 is 1.11 bits per heavy atom. The standard InChI is InChI=1S/C27H32N4O5Si/c1-26(2,3)36-24(33)29-27(4,5)15-23(32)30-37-20(16-28)13-17-7-9-18(10-8-17)19-11-12-22-21(14-19)31(6)25(34)35-22/h7-12,14,20H,13,15H2,1-6H3,(H,29,33)(H,30,32)/t20-/m0/s1. The fourth-order valence-electron chi connectivity index (χ4n) is 3.74. The van der Waals surface area contributed by atoms with Gasteiger partial charge in [0, 0.05) is 19.0 Å². The molecule has 0 aliphatic rings. The molecular formula is C27H32N4O5Si. The van der Waals surface area contributed by atoms with Gasteiger partial charge in [0.2, 0.25) is 5.91 Å². The van der Waals surface area contributed by atoms with E-state index < -0.39 is 23.0 Å². The minimum absolute atomic E-state index is 0.0543. The summed E-state index contributed by atoms with van der Waals surface area (Å²) in [5.41, 5.74) is 2.34. The first-order valence-electron chi connectivity index (χ1n) is 11.9. The summed E-state index contributed by atoms with van der Waals surface area (Å²) in [6.45, 7) is 8.80. The van der Waals surface area contributed by atoms with Gasteiger partial charge in [0.25, 0.3) is 0 Å². The Balaban J connectivity index is 1.55. The van der Waals surface area contributed by atoms with Crippen LogP contribution in [0.25, 0.3) is 22.2 Å². The van der Waals surface area contributed by atoms with Crippen molar-refractivity contribution in [1.82, 2.24) is 14.9 Å². The van der Waals surface area contributed by atoms with Gasteiger partial charge in [0.15, 0.2) is 15.3 Å². The minimum atomic E-state index is -0.805. The summed E-state index contributed by atoms with van der Waals surface area (Å²) in [6.07, 6.45) is -0.0388. The summed E-state index contributed by atoms with van der Waals surface area (Å²) in [7, 11) is 1.58. The molecule has 2 N–H and O–H groups in total. The van der Waals surface area contributed by atoms with Gasteiger partial charge in [-0.1, -0.05) is 30.3 Å². The lowest BCUT2D eigenvalue weighted by Crippen LogP contribution is -2.49. The number of rotatable bonds is 8. The third-order valence-corrected chi connectivity index (χ3v) is 6.61. The van der Waals surface area contributed by atoms with E-state index in [9.17, 15) is 19.6 Å². The smallest absolute Gasteiger partial charge is 0.419 e. The number of amides is 2. The Morgan fingerprint density at radius 3 is 2.38 bits per heavy atom. The molecule has 0 unspecified atom stereocenters. The van der Waals surface area contributed by atoms with Gasteiger partial charge in [-0.25, -0.2) is 9.59 Å². The zero-order valence-electron chi connectivity index (χ0n) is 22.0. The number of nitrogens with one attached hydrogen (secondary N) is 2. The highest BCUT2D eigenvalue weighted by molar-refractivity contribution is 6.40. The molecule has 10 heteroatoms. The molecule has 1 heterocycles. The van der Waals surface area contributed by atoms with Crippen LogP contribution in [-0.2, 0) is 23.0 Å². The fourth-order valence-corrected chi connectivity index (χ4v) is 4.57. The molecule has 3 rings (SSSR count). The topological polar surface area (TPSA) is 126 Å². The van der Waals surface area contributed by atoms with E-state index in [2.05, 4.69) is 16.4 Å². The molecule has 0 spiro atoms. The lowest BCUT2D eigenvalue weighted by molar-refractivity contribution is -0.120. The van der Waals surface area contributed by atoms with Crippen LogP contribution in [-0.4, -0.2) is 37.4 Å². The van der Waals surface area contributed by atoms with Crippen LogP contribution in [0.15, 0.2) is 51.7 Å². The maximum absolute atomic E-state index is 12.5. The van der Waals surface area contributed by atoms with E-state index in [-0.39, 0.29) is 27.6 Å². The summed E-state index contributed by atoms with van der Waals surface area (Å²) in [4.78, 5) is 39.1. The average Bonchev–Trinajstić information content (AvgIpc) is 3.07. The molecule has 3 aromatic rings. The predicted octanol–water partition coefficient (Wildman–Crippen LogP) is 4.08. The Kier molecular flexibility index (Phi) is 8.28. The molecule has 0 fully saturated rings. The van der Waals surface area contributed by atoms with Gasteiger partial charge in [0.05, 0.1) is 17.1 Å². The third kappa shape index (κ3) is 7.82. The monoisotopic (exact) mass is 520 g/mol. The van der Waals surface area contributed by atoms with Crippen molar-refractivity contribution in [2.75, 3.05) is 0 Å². The first kappa shape index (κ1) is 27.7. The van der Waals surface area contributed by atoms with E-state index in [4.69, 9.17) is 9.15 Å². The average molecular weight is 521 g/mol. The van der Waals surface area contributed by atoms with Crippen molar-refractivity contribution >= 4 is 32.8 Å². The van der Waals surface area contributed by atoms with Crippen molar-refractivity contribution in [2.45, 2.75) is 64.1 Å². The first-order chi connectivity index (χ1) is 17.3. The highest BCUT2D eigenvalue weighted by Gasteiger charge is 2.27. The van der Waals surface area contributed by atoms with Gasteiger partial charge in [-0.05, 0) is 69.9 Å². The van der Waals surface area contributed by atoms with Crippen molar-refractivity contribution in [3.05, 3.63) is 58.6 Å². The molecule has 0 aliphatic heterocycles. The number of hydrogen-bond acceptors (Lipinski definition) is 6. The second kappa shape index (κ2) is 11.0. The number of hydrogen-bond donors (Lipinski definition) is 2. The number of nitriles is 1. The molecule has 2 aromatic carbocycles. The number of alkyl carbamates (subject to hydrolysis) is 1. The lowest BCUT2D eigenvalue weighted by Gasteiger charge is -2.28. The molecule has 0 bridgehead atoms. The van der Waals surface area contributed by atoms with Crippen LogP contribution in [0.2, 0.25) is 5.54 Å². The summed E-state index contributed by atoms with van der Waals surface area (Å²) < 4.78 is 11.9.